The van der Waals surface area contributed by atoms with Gasteiger partial charge in [-0.1, -0.05) is 12.7 Å². The van der Waals surface area contributed by atoms with Crippen molar-refractivity contribution in [2.75, 3.05) is 7.05 Å². The highest BCUT2D eigenvalue weighted by Gasteiger charge is 2.11. The van der Waals surface area contributed by atoms with Crippen LogP contribution in [0.25, 0.3) is 0 Å². The first-order chi connectivity index (χ1) is 5.24. The minimum absolute atomic E-state index is 0.554. The lowest BCUT2D eigenvalue weighted by atomic mass is 10.1. The van der Waals surface area contributed by atoms with E-state index < -0.39 is 0 Å². The Morgan fingerprint density at radius 1 is 1.82 bits per heavy atom. The third kappa shape index (κ3) is 1.93. The van der Waals surface area contributed by atoms with E-state index in [0.717, 1.165) is 12.1 Å². The van der Waals surface area contributed by atoms with Crippen LogP contribution < -0.4 is 0 Å². The summed E-state index contributed by atoms with van der Waals surface area (Å²) >= 11 is 0. The van der Waals surface area contributed by atoms with Gasteiger partial charge in [-0.05, 0) is 13.0 Å². The highest BCUT2D eigenvalue weighted by Crippen LogP contribution is 2.14. The number of aliphatic imine (C=N–C) groups is 1. The molecule has 0 aromatic carbocycles. The maximum Gasteiger partial charge on any atom is 0.0908 e. The molecule has 0 N–H and O–H groups in total. The van der Waals surface area contributed by atoms with Crippen molar-refractivity contribution in [3.63, 3.8) is 0 Å². The number of nitrogens with zero attached hydrogens (tertiary/aromatic N) is 2. The zero-order chi connectivity index (χ0) is 8.27. The molecule has 2 nitrogen and oxygen atoms in total. The summed E-state index contributed by atoms with van der Waals surface area (Å²) in [5.41, 5.74) is 1.12. The van der Waals surface area contributed by atoms with Gasteiger partial charge in [0.15, 0.2) is 0 Å². The Morgan fingerprint density at radius 3 is 3.09 bits per heavy atom. The van der Waals surface area contributed by atoms with Crippen molar-refractivity contribution in [1.29, 1.82) is 0 Å². The van der Waals surface area contributed by atoms with Gasteiger partial charge in [0.1, 0.15) is 0 Å². The normalized spacial score (nSPS) is 27.6. The van der Waals surface area contributed by atoms with Crippen molar-refractivity contribution in [1.82, 2.24) is 4.90 Å². The summed E-state index contributed by atoms with van der Waals surface area (Å²) in [6, 6.07) is 0.554. The quantitative estimate of drug-likeness (QED) is 0.556. The minimum atomic E-state index is 0.554. The molecule has 0 fully saturated rings. The molecule has 1 heterocycles. The average Bonchev–Trinajstić information content (AvgIpc) is 1.98. The van der Waals surface area contributed by atoms with E-state index in [1.165, 1.54) is 0 Å². The van der Waals surface area contributed by atoms with E-state index in [0.29, 0.717) is 6.04 Å². The number of hydrogen-bond donors (Lipinski definition) is 0. The maximum atomic E-state index is 4.24. The predicted octanol–water partition coefficient (Wildman–Crippen LogP) is 1.81. The van der Waals surface area contributed by atoms with Crippen LogP contribution in [-0.4, -0.2) is 24.3 Å². The molecule has 1 aliphatic rings. The van der Waals surface area contributed by atoms with E-state index in [1.54, 1.807) is 6.08 Å². The molecule has 1 atom stereocenters. The van der Waals surface area contributed by atoms with Crippen LogP contribution in [0.1, 0.15) is 13.3 Å². The van der Waals surface area contributed by atoms with Crippen LogP contribution in [-0.2, 0) is 0 Å². The lowest BCUT2D eigenvalue weighted by molar-refractivity contribution is 0.383. The van der Waals surface area contributed by atoms with E-state index >= 15 is 0 Å². The molecular weight excluding hydrogens is 136 g/mol. The van der Waals surface area contributed by atoms with Gasteiger partial charge in [-0.15, -0.1) is 0 Å². The number of rotatable bonds is 1. The van der Waals surface area contributed by atoms with Gasteiger partial charge in [-0.25, -0.2) is 4.99 Å². The van der Waals surface area contributed by atoms with Crippen LogP contribution in [0.2, 0.25) is 0 Å². The summed E-state index contributed by atoms with van der Waals surface area (Å²) in [5.74, 6) is 0. The second-order valence-corrected chi connectivity index (χ2v) is 2.86. The van der Waals surface area contributed by atoms with Gasteiger partial charge in [-0.2, -0.15) is 0 Å². The Morgan fingerprint density at radius 2 is 2.55 bits per heavy atom. The van der Waals surface area contributed by atoms with Gasteiger partial charge < -0.3 is 4.90 Å². The second-order valence-electron chi connectivity index (χ2n) is 2.86. The first-order valence-corrected chi connectivity index (χ1v) is 3.81. The molecule has 0 aliphatic carbocycles. The number of allylic oxidation sites excluding steroid dienone is 2. The highest BCUT2D eigenvalue weighted by molar-refractivity contribution is 5.58. The van der Waals surface area contributed by atoms with Crippen LogP contribution in [0.4, 0.5) is 0 Å². The Kier molecular flexibility index (Phi) is 2.47. The number of hydrogen-bond acceptors (Lipinski definition) is 2. The fourth-order valence-corrected chi connectivity index (χ4v) is 1.03. The summed E-state index contributed by atoms with van der Waals surface area (Å²) in [7, 11) is 2.04. The molecular formula is C9H14N2. The van der Waals surface area contributed by atoms with Gasteiger partial charge >= 0.3 is 0 Å². The van der Waals surface area contributed by atoms with Gasteiger partial charge in [0.05, 0.1) is 6.34 Å². The molecule has 2 heteroatoms. The third-order valence-corrected chi connectivity index (χ3v) is 1.92. The standard InChI is InChI=1S/C9H14N2/c1-4-5-9-6-8(2)11(3)7-10-9/h4-5,7-8H,1,6H2,2-3H3/b9-5+. The smallest absolute Gasteiger partial charge is 0.0908 e. The lowest BCUT2D eigenvalue weighted by Gasteiger charge is -2.26. The van der Waals surface area contributed by atoms with Crippen LogP contribution in [0.3, 0.4) is 0 Å². The summed E-state index contributed by atoms with van der Waals surface area (Å²) in [6.07, 6.45) is 6.62. The van der Waals surface area contributed by atoms with Crippen molar-refractivity contribution in [3.05, 3.63) is 24.4 Å². The maximum absolute atomic E-state index is 4.24. The van der Waals surface area contributed by atoms with E-state index in [4.69, 9.17) is 0 Å². The molecule has 1 aliphatic heterocycles. The van der Waals surface area contributed by atoms with E-state index in [-0.39, 0.29) is 0 Å². The van der Waals surface area contributed by atoms with Gasteiger partial charge in [-0.3, -0.25) is 0 Å². The zero-order valence-electron chi connectivity index (χ0n) is 7.12. The molecule has 0 saturated heterocycles. The topological polar surface area (TPSA) is 15.6 Å². The molecule has 1 unspecified atom stereocenters. The lowest BCUT2D eigenvalue weighted by Crippen LogP contribution is -2.30. The van der Waals surface area contributed by atoms with Crippen LogP contribution in [0.15, 0.2) is 29.4 Å². The van der Waals surface area contributed by atoms with Crippen LogP contribution in [0, 0.1) is 0 Å². The largest absolute Gasteiger partial charge is 0.363 e. The van der Waals surface area contributed by atoms with Crippen LogP contribution in [0.5, 0.6) is 0 Å². The van der Waals surface area contributed by atoms with E-state index in [2.05, 4.69) is 23.4 Å². The fourth-order valence-electron chi connectivity index (χ4n) is 1.03. The molecule has 0 spiro atoms. The minimum Gasteiger partial charge on any atom is -0.363 e. The molecule has 0 bridgehead atoms. The van der Waals surface area contributed by atoms with Gasteiger partial charge in [0.2, 0.25) is 0 Å². The SMILES string of the molecule is C=C/C=C1\CC(C)N(C)C=N1. The molecule has 60 valence electrons. The fraction of sp³-hybridized carbons (Fsp3) is 0.444. The summed E-state index contributed by atoms with van der Waals surface area (Å²) in [4.78, 5) is 6.35. The third-order valence-electron chi connectivity index (χ3n) is 1.92. The van der Waals surface area contributed by atoms with Crippen LogP contribution >= 0.6 is 0 Å². The Labute approximate surface area is 67.9 Å². The average molecular weight is 150 g/mol. The Balaban J connectivity index is 2.70. The van der Waals surface area contributed by atoms with Crippen molar-refractivity contribution in [2.24, 2.45) is 4.99 Å². The summed E-state index contributed by atoms with van der Waals surface area (Å²) in [6.45, 7) is 5.82. The van der Waals surface area contributed by atoms with Crippen molar-refractivity contribution in [2.45, 2.75) is 19.4 Å². The van der Waals surface area contributed by atoms with Gasteiger partial charge in [0, 0.05) is 25.2 Å². The summed E-state index contributed by atoms with van der Waals surface area (Å²) < 4.78 is 0. The van der Waals surface area contributed by atoms with E-state index in [1.807, 2.05) is 19.5 Å². The molecule has 0 aromatic rings. The van der Waals surface area contributed by atoms with Gasteiger partial charge in [0.25, 0.3) is 0 Å². The van der Waals surface area contributed by atoms with Crippen molar-refractivity contribution in [3.8, 4) is 0 Å². The first kappa shape index (κ1) is 8.05. The molecule has 0 amide bonds. The van der Waals surface area contributed by atoms with Crippen molar-refractivity contribution < 1.29 is 0 Å². The monoisotopic (exact) mass is 150 g/mol. The first-order valence-electron chi connectivity index (χ1n) is 3.81. The van der Waals surface area contributed by atoms with E-state index in [9.17, 15) is 0 Å². The predicted molar refractivity (Wildman–Crippen MR) is 48.6 cm³/mol. The van der Waals surface area contributed by atoms with Crippen molar-refractivity contribution >= 4 is 6.34 Å². The summed E-state index contributed by atoms with van der Waals surface area (Å²) in [5, 5.41) is 0. The highest BCUT2D eigenvalue weighted by atomic mass is 15.2. The molecule has 0 radical (unpaired) electrons. The molecule has 0 aromatic heterocycles. The Hall–Kier alpha value is -1.05. The second kappa shape index (κ2) is 3.37. The Bertz CT molecular complexity index is 204. The molecule has 1 rings (SSSR count). The molecule has 11 heavy (non-hydrogen) atoms. The molecule has 0 saturated carbocycles. The zero-order valence-corrected chi connectivity index (χ0v) is 7.12.